The summed E-state index contributed by atoms with van der Waals surface area (Å²) >= 11 is 0. The van der Waals surface area contributed by atoms with Crippen LogP contribution in [-0.2, 0) is 4.84 Å². The molecular formula is C4H12ClNO3. The molecule has 0 bridgehead atoms. The Kier molecular flexibility index (Phi) is 10.7. The summed E-state index contributed by atoms with van der Waals surface area (Å²) in [4.78, 5) is 4.17. The first-order valence-electron chi connectivity index (χ1n) is 2.38. The zero-order chi connectivity index (χ0) is 6.41. The predicted octanol–water partition coefficient (Wildman–Crippen LogP) is -1.10. The van der Waals surface area contributed by atoms with Crippen molar-refractivity contribution in [2.45, 2.75) is 0 Å². The molecule has 0 aliphatic heterocycles. The van der Waals surface area contributed by atoms with Gasteiger partial charge in [-0.1, -0.05) is 0 Å². The standard InChI is InChI=1S/C4H11NO3.ClH/c5-8-3-4(1-6)2-7;/h4,6-7H,1-3,5H2;1H. The lowest BCUT2D eigenvalue weighted by Crippen LogP contribution is -2.19. The van der Waals surface area contributed by atoms with Crippen LogP contribution in [0, 0.1) is 5.92 Å². The van der Waals surface area contributed by atoms with Gasteiger partial charge in [-0.25, -0.2) is 5.90 Å². The number of hydrogen-bond acceptors (Lipinski definition) is 4. The molecule has 0 aromatic heterocycles. The molecule has 4 nitrogen and oxygen atoms in total. The van der Waals surface area contributed by atoms with Crippen molar-refractivity contribution in [1.29, 1.82) is 0 Å². The third-order valence-electron chi connectivity index (χ3n) is 0.848. The molecule has 4 N–H and O–H groups in total. The average molecular weight is 158 g/mol. The maximum absolute atomic E-state index is 8.36. The first kappa shape index (κ1) is 11.9. The van der Waals surface area contributed by atoms with Crippen molar-refractivity contribution >= 4 is 12.4 Å². The molecule has 0 amide bonds. The number of halogens is 1. The molecule has 0 atom stereocenters. The summed E-state index contributed by atoms with van der Waals surface area (Å²) in [5.41, 5.74) is 0. The van der Waals surface area contributed by atoms with E-state index in [1.807, 2.05) is 0 Å². The SMILES string of the molecule is Cl.NOCC(CO)CO. The quantitative estimate of drug-likeness (QED) is 0.453. The van der Waals surface area contributed by atoms with Crippen molar-refractivity contribution in [2.24, 2.45) is 11.8 Å². The summed E-state index contributed by atoms with van der Waals surface area (Å²) in [6, 6.07) is 0. The second-order valence-electron chi connectivity index (χ2n) is 1.56. The lowest BCUT2D eigenvalue weighted by Gasteiger charge is -2.06. The minimum absolute atomic E-state index is 0. The van der Waals surface area contributed by atoms with Crippen LogP contribution in [0.4, 0.5) is 0 Å². The van der Waals surface area contributed by atoms with Crippen LogP contribution >= 0.6 is 12.4 Å². The van der Waals surface area contributed by atoms with E-state index < -0.39 is 0 Å². The summed E-state index contributed by atoms with van der Waals surface area (Å²) in [7, 11) is 0. The number of hydrogen-bond donors (Lipinski definition) is 3. The van der Waals surface area contributed by atoms with E-state index >= 15 is 0 Å². The van der Waals surface area contributed by atoms with Crippen LogP contribution in [0.2, 0.25) is 0 Å². The molecule has 58 valence electrons. The summed E-state index contributed by atoms with van der Waals surface area (Å²) in [6.45, 7) is 0.0222. The van der Waals surface area contributed by atoms with Crippen LogP contribution in [0.15, 0.2) is 0 Å². The Morgan fingerprint density at radius 2 is 1.78 bits per heavy atom. The van der Waals surface area contributed by atoms with E-state index in [2.05, 4.69) is 10.7 Å². The van der Waals surface area contributed by atoms with Crippen molar-refractivity contribution in [3.05, 3.63) is 0 Å². The van der Waals surface area contributed by atoms with E-state index in [9.17, 15) is 0 Å². The van der Waals surface area contributed by atoms with Crippen LogP contribution in [0.1, 0.15) is 0 Å². The van der Waals surface area contributed by atoms with E-state index in [-0.39, 0.29) is 38.1 Å². The smallest absolute Gasteiger partial charge is 0.0751 e. The van der Waals surface area contributed by atoms with Gasteiger partial charge >= 0.3 is 0 Å². The van der Waals surface area contributed by atoms with Crippen molar-refractivity contribution in [3.63, 3.8) is 0 Å². The summed E-state index contributed by atoms with van der Waals surface area (Å²) in [5.74, 6) is 4.42. The Bertz CT molecular complexity index is 51.1. The highest BCUT2D eigenvalue weighted by molar-refractivity contribution is 5.85. The molecule has 5 heteroatoms. The number of aliphatic hydroxyl groups excluding tert-OH is 2. The Hall–Kier alpha value is 0.130. The van der Waals surface area contributed by atoms with Gasteiger partial charge in [0.2, 0.25) is 0 Å². The predicted molar refractivity (Wildman–Crippen MR) is 35.0 cm³/mol. The number of nitrogens with two attached hydrogens (primary N) is 1. The van der Waals surface area contributed by atoms with Crippen molar-refractivity contribution in [3.8, 4) is 0 Å². The third-order valence-corrected chi connectivity index (χ3v) is 0.848. The molecule has 0 aliphatic rings. The maximum atomic E-state index is 8.36. The average Bonchev–Trinajstić information content (AvgIpc) is 1.83. The fraction of sp³-hybridized carbons (Fsp3) is 1.00. The van der Waals surface area contributed by atoms with Crippen LogP contribution in [0.5, 0.6) is 0 Å². The molecule has 0 aromatic carbocycles. The lowest BCUT2D eigenvalue weighted by molar-refractivity contribution is 0.0450. The highest BCUT2D eigenvalue weighted by Gasteiger charge is 2.02. The van der Waals surface area contributed by atoms with Crippen LogP contribution in [-0.4, -0.2) is 30.0 Å². The van der Waals surface area contributed by atoms with E-state index in [1.165, 1.54) is 0 Å². The zero-order valence-corrected chi connectivity index (χ0v) is 5.80. The largest absolute Gasteiger partial charge is 0.396 e. The molecule has 0 unspecified atom stereocenters. The Morgan fingerprint density at radius 1 is 1.33 bits per heavy atom. The van der Waals surface area contributed by atoms with Gasteiger partial charge in [-0.05, 0) is 0 Å². The molecule has 0 spiro atoms. The fourth-order valence-corrected chi connectivity index (χ4v) is 0.299. The molecule has 0 fully saturated rings. The molecule has 9 heavy (non-hydrogen) atoms. The Balaban J connectivity index is 0. The molecule has 0 aromatic rings. The van der Waals surface area contributed by atoms with Gasteiger partial charge < -0.3 is 15.1 Å². The van der Waals surface area contributed by atoms with Gasteiger partial charge in [0.1, 0.15) is 0 Å². The van der Waals surface area contributed by atoms with Crippen LogP contribution in [0.25, 0.3) is 0 Å². The summed E-state index contributed by atoms with van der Waals surface area (Å²) in [6.07, 6.45) is 0. The zero-order valence-electron chi connectivity index (χ0n) is 4.99. The van der Waals surface area contributed by atoms with Gasteiger partial charge in [-0.15, -0.1) is 12.4 Å². The lowest BCUT2D eigenvalue weighted by atomic mass is 10.2. The monoisotopic (exact) mass is 157 g/mol. The topological polar surface area (TPSA) is 75.7 Å². The van der Waals surface area contributed by atoms with Crippen LogP contribution in [0.3, 0.4) is 0 Å². The van der Waals surface area contributed by atoms with Crippen LogP contribution < -0.4 is 5.90 Å². The van der Waals surface area contributed by atoms with Crippen molar-refractivity contribution in [2.75, 3.05) is 19.8 Å². The van der Waals surface area contributed by atoms with Crippen molar-refractivity contribution in [1.82, 2.24) is 0 Å². The Morgan fingerprint density at radius 3 is 1.89 bits per heavy atom. The number of aliphatic hydroxyl groups is 2. The molecule has 0 saturated carbocycles. The minimum Gasteiger partial charge on any atom is -0.396 e. The maximum Gasteiger partial charge on any atom is 0.0751 e. The minimum atomic E-state index is -0.236. The molecule has 0 saturated heterocycles. The van der Waals surface area contributed by atoms with Gasteiger partial charge in [0.05, 0.1) is 19.8 Å². The summed E-state index contributed by atoms with van der Waals surface area (Å²) < 4.78 is 0. The number of rotatable bonds is 4. The van der Waals surface area contributed by atoms with Gasteiger partial charge in [-0.2, -0.15) is 0 Å². The second-order valence-corrected chi connectivity index (χ2v) is 1.56. The van der Waals surface area contributed by atoms with Gasteiger partial charge in [0, 0.05) is 5.92 Å². The van der Waals surface area contributed by atoms with Gasteiger partial charge in [0.15, 0.2) is 0 Å². The van der Waals surface area contributed by atoms with Crippen molar-refractivity contribution < 1.29 is 15.1 Å². The molecule has 0 aliphatic carbocycles. The normalized spacial score (nSPS) is 9.33. The molecule has 0 radical (unpaired) electrons. The van der Waals surface area contributed by atoms with E-state index in [0.29, 0.717) is 0 Å². The first-order valence-corrected chi connectivity index (χ1v) is 2.38. The van der Waals surface area contributed by atoms with E-state index in [0.717, 1.165) is 0 Å². The van der Waals surface area contributed by atoms with E-state index in [4.69, 9.17) is 10.2 Å². The first-order chi connectivity index (χ1) is 3.85. The molecular weight excluding hydrogens is 146 g/mol. The second kappa shape index (κ2) is 8.13. The Labute approximate surface area is 60.0 Å². The molecule has 0 rings (SSSR count). The van der Waals surface area contributed by atoms with Gasteiger partial charge in [0.25, 0.3) is 0 Å². The fourth-order valence-electron chi connectivity index (χ4n) is 0.299. The molecule has 0 heterocycles. The van der Waals surface area contributed by atoms with E-state index in [1.54, 1.807) is 0 Å². The summed E-state index contributed by atoms with van der Waals surface area (Å²) in [5, 5.41) is 16.7. The highest BCUT2D eigenvalue weighted by Crippen LogP contribution is 1.90. The third kappa shape index (κ3) is 6.01. The highest BCUT2D eigenvalue weighted by atomic mass is 35.5. The van der Waals surface area contributed by atoms with Gasteiger partial charge in [-0.3, -0.25) is 0 Å².